The fourth-order valence-corrected chi connectivity index (χ4v) is 3.03. The van der Waals surface area contributed by atoms with Crippen molar-refractivity contribution in [2.45, 2.75) is 45.4 Å². The maximum atomic E-state index is 6.00. The van der Waals surface area contributed by atoms with Crippen molar-refractivity contribution in [2.24, 2.45) is 0 Å². The fourth-order valence-electron chi connectivity index (χ4n) is 3.03. The number of rotatable bonds is 6. The van der Waals surface area contributed by atoms with E-state index < -0.39 is 0 Å². The summed E-state index contributed by atoms with van der Waals surface area (Å²) in [6.45, 7) is 6.76. The predicted octanol–water partition coefficient (Wildman–Crippen LogP) is 3.90. The Morgan fingerprint density at radius 2 is 2.09 bits per heavy atom. The van der Waals surface area contributed by atoms with Gasteiger partial charge in [0.2, 0.25) is 0 Å². The number of ether oxygens (including phenoxy) is 2. The summed E-state index contributed by atoms with van der Waals surface area (Å²) < 4.78 is 11.7. The molecule has 1 saturated heterocycles. The summed E-state index contributed by atoms with van der Waals surface area (Å²) in [5, 5.41) is 6.07. The van der Waals surface area contributed by atoms with Gasteiger partial charge in [0.15, 0.2) is 0 Å². The Morgan fingerprint density at radius 1 is 1.23 bits per heavy atom. The SMILES string of the molecule is CC(C)Oc1ccc2ccccc2c1CNC[C@H]1CCCO1. The zero-order chi connectivity index (χ0) is 15.4. The maximum Gasteiger partial charge on any atom is 0.124 e. The second-order valence-electron chi connectivity index (χ2n) is 6.20. The minimum Gasteiger partial charge on any atom is -0.491 e. The first-order valence-corrected chi connectivity index (χ1v) is 8.23. The van der Waals surface area contributed by atoms with Gasteiger partial charge < -0.3 is 14.8 Å². The quantitative estimate of drug-likeness (QED) is 0.877. The summed E-state index contributed by atoms with van der Waals surface area (Å²) in [4.78, 5) is 0. The van der Waals surface area contributed by atoms with E-state index in [2.05, 4.69) is 55.6 Å². The van der Waals surface area contributed by atoms with Crippen molar-refractivity contribution in [1.29, 1.82) is 0 Å². The van der Waals surface area contributed by atoms with Crippen molar-refractivity contribution in [1.82, 2.24) is 5.32 Å². The summed E-state index contributed by atoms with van der Waals surface area (Å²) in [6, 6.07) is 12.7. The lowest BCUT2D eigenvalue weighted by atomic mass is 10.0. The van der Waals surface area contributed by atoms with Gasteiger partial charge in [0, 0.05) is 25.3 Å². The second kappa shape index (κ2) is 7.12. The van der Waals surface area contributed by atoms with E-state index >= 15 is 0 Å². The molecular weight excluding hydrogens is 274 g/mol. The van der Waals surface area contributed by atoms with Crippen molar-refractivity contribution >= 4 is 10.8 Å². The molecule has 0 saturated carbocycles. The molecule has 3 heteroatoms. The second-order valence-corrected chi connectivity index (χ2v) is 6.20. The lowest BCUT2D eigenvalue weighted by Gasteiger charge is -2.18. The van der Waals surface area contributed by atoms with E-state index in [1.807, 2.05) is 0 Å². The van der Waals surface area contributed by atoms with Gasteiger partial charge in [-0.3, -0.25) is 0 Å². The number of hydrogen-bond donors (Lipinski definition) is 1. The van der Waals surface area contributed by atoms with Crippen LogP contribution in [0, 0.1) is 0 Å². The molecule has 3 nitrogen and oxygen atoms in total. The molecule has 2 aromatic carbocycles. The minimum atomic E-state index is 0.179. The zero-order valence-corrected chi connectivity index (χ0v) is 13.5. The van der Waals surface area contributed by atoms with Crippen LogP contribution in [0.3, 0.4) is 0 Å². The van der Waals surface area contributed by atoms with Gasteiger partial charge in [0.1, 0.15) is 5.75 Å². The van der Waals surface area contributed by atoms with Crippen LogP contribution in [-0.4, -0.2) is 25.4 Å². The van der Waals surface area contributed by atoms with Crippen LogP contribution in [-0.2, 0) is 11.3 Å². The molecule has 1 aliphatic heterocycles. The number of benzene rings is 2. The number of hydrogen-bond acceptors (Lipinski definition) is 3. The highest BCUT2D eigenvalue weighted by atomic mass is 16.5. The van der Waals surface area contributed by atoms with Gasteiger partial charge in [-0.2, -0.15) is 0 Å². The molecule has 118 valence electrons. The summed E-state index contributed by atoms with van der Waals surface area (Å²) in [5.41, 5.74) is 1.24. The first-order chi connectivity index (χ1) is 10.7. The van der Waals surface area contributed by atoms with Gasteiger partial charge in [-0.15, -0.1) is 0 Å². The largest absolute Gasteiger partial charge is 0.491 e. The molecule has 2 aromatic rings. The molecule has 1 atom stereocenters. The third-order valence-corrected chi connectivity index (χ3v) is 4.06. The van der Waals surface area contributed by atoms with Gasteiger partial charge in [-0.25, -0.2) is 0 Å². The van der Waals surface area contributed by atoms with Crippen molar-refractivity contribution in [3.05, 3.63) is 42.0 Å². The Balaban J connectivity index is 1.80. The lowest BCUT2D eigenvalue weighted by Crippen LogP contribution is -2.26. The topological polar surface area (TPSA) is 30.5 Å². The van der Waals surface area contributed by atoms with E-state index in [4.69, 9.17) is 9.47 Å². The first-order valence-electron chi connectivity index (χ1n) is 8.23. The molecule has 0 amide bonds. The van der Waals surface area contributed by atoms with Crippen molar-refractivity contribution in [3.63, 3.8) is 0 Å². The van der Waals surface area contributed by atoms with E-state index in [1.54, 1.807) is 0 Å². The highest BCUT2D eigenvalue weighted by Crippen LogP contribution is 2.29. The Labute approximate surface area is 132 Å². The predicted molar refractivity (Wildman–Crippen MR) is 90.4 cm³/mol. The van der Waals surface area contributed by atoms with Gasteiger partial charge >= 0.3 is 0 Å². The summed E-state index contributed by atoms with van der Waals surface area (Å²) in [6.07, 6.45) is 2.89. The molecule has 0 radical (unpaired) electrons. The standard InChI is InChI=1S/C19H25NO2/c1-14(2)22-19-10-9-15-6-3-4-8-17(15)18(19)13-20-12-16-7-5-11-21-16/h3-4,6,8-10,14,16,20H,5,7,11-13H2,1-2H3/t16-/m1/s1. The van der Waals surface area contributed by atoms with Crippen LogP contribution in [0.25, 0.3) is 10.8 Å². The fraction of sp³-hybridized carbons (Fsp3) is 0.474. The number of nitrogens with one attached hydrogen (secondary N) is 1. The Bertz CT molecular complexity index is 618. The van der Waals surface area contributed by atoms with Gasteiger partial charge in [0.05, 0.1) is 12.2 Å². The molecule has 1 N–H and O–H groups in total. The number of fused-ring (bicyclic) bond motifs is 1. The van der Waals surface area contributed by atoms with E-state index in [1.165, 1.54) is 22.8 Å². The Kier molecular flexibility index (Phi) is 4.96. The molecule has 22 heavy (non-hydrogen) atoms. The Morgan fingerprint density at radius 3 is 2.86 bits per heavy atom. The minimum absolute atomic E-state index is 0.179. The highest BCUT2D eigenvalue weighted by Gasteiger charge is 2.16. The monoisotopic (exact) mass is 299 g/mol. The van der Waals surface area contributed by atoms with Gasteiger partial charge in [-0.05, 0) is 43.5 Å². The van der Waals surface area contributed by atoms with E-state index in [0.29, 0.717) is 6.10 Å². The van der Waals surface area contributed by atoms with Crippen LogP contribution in [0.2, 0.25) is 0 Å². The van der Waals surface area contributed by atoms with Crippen LogP contribution >= 0.6 is 0 Å². The van der Waals surface area contributed by atoms with E-state index in [0.717, 1.165) is 31.9 Å². The molecular formula is C19H25NO2. The summed E-state index contributed by atoms with van der Waals surface area (Å²) in [5.74, 6) is 0.980. The van der Waals surface area contributed by atoms with Crippen molar-refractivity contribution in [3.8, 4) is 5.75 Å². The Hall–Kier alpha value is -1.58. The molecule has 1 aliphatic rings. The van der Waals surface area contributed by atoms with Gasteiger partial charge in [0.25, 0.3) is 0 Å². The lowest BCUT2D eigenvalue weighted by molar-refractivity contribution is 0.110. The normalized spacial score (nSPS) is 18.2. The summed E-state index contributed by atoms with van der Waals surface area (Å²) >= 11 is 0. The van der Waals surface area contributed by atoms with Gasteiger partial charge in [-0.1, -0.05) is 30.3 Å². The molecule has 0 aliphatic carbocycles. The zero-order valence-electron chi connectivity index (χ0n) is 13.5. The molecule has 0 bridgehead atoms. The highest BCUT2D eigenvalue weighted by molar-refractivity contribution is 5.87. The molecule has 1 heterocycles. The van der Waals surface area contributed by atoms with Crippen LogP contribution in [0.1, 0.15) is 32.3 Å². The smallest absolute Gasteiger partial charge is 0.124 e. The van der Waals surface area contributed by atoms with Crippen LogP contribution in [0.15, 0.2) is 36.4 Å². The van der Waals surface area contributed by atoms with Crippen LogP contribution < -0.4 is 10.1 Å². The first kappa shape index (κ1) is 15.3. The third-order valence-electron chi connectivity index (χ3n) is 4.06. The van der Waals surface area contributed by atoms with E-state index in [-0.39, 0.29) is 6.10 Å². The summed E-state index contributed by atoms with van der Waals surface area (Å²) in [7, 11) is 0. The van der Waals surface area contributed by atoms with Crippen LogP contribution in [0.5, 0.6) is 5.75 Å². The van der Waals surface area contributed by atoms with Crippen LogP contribution in [0.4, 0.5) is 0 Å². The maximum absolute atomic E-state index is 6.00. The molecule has 0 aromatic heterocycles. The third kappa shape index (κ3) is 3.60. The van der Waals surface area contributed by atoms with Crippen molar-refractivity contribution < 1.29 is 9.47 Å². The molecule has 3 rings (SSSR count). The van der Waals surface area contributed by atoms with E-state index in [9.17, 15) is 0 Å². The average Bonchev–Trinajstić information content (AvgIpc) is 3.02. The van der Waals surface area contributed by atoms with Crippen molar-refractivity contribution in [2.75, 3.05) is 13.2 Å². The molecule has 1 fully saturated rings. The molecule has 0 unspecified atom stereocenters. The average molecular weight is 299 g/mol. The molecule has 0 spiro atoms.